The summed E-state index contributed by atoms with van der Waals surface area (Å²) in [6, 6.07) is 18.4. The lowest BCUT2D eigenvalue weighted by atomic mass is 10.2. The van der Waals surface area contributed by atoms with Gasteiger partial charge in [0, 0.05) is 18.9 Å². The third-order valence-electron chi connectivity index (χ3n) is 4.42. The molecule has 0 aliphatic rings. The average molecular weight is 426 g/mol. The number of sulfone groups is 1. The van der Waals surface area contributed by atoms with Gasteiger partial charge in [-0.2, -0.15) is 0 Å². The molecule has 0 aliphatic carbocycles. The summed E-state index contributed by atoms with van der Waals surface area (Å²) in [6.07, 6.45) is 3.05. The largest absolute Gasteiger partial charge is 0.497 e. The van der Waals surface area contributed by atoms with Crippen LogP contribution in [0, 0.1) is 0 Å². The maximum Gasteiger partial charge on any atom is 0.257 e. The third kappa shape index (κ3) is 5.36. The number of carbonyl (C=O) groups excluding carboxylic acids is 1. The summed E-state index contributed by atoms with van der Waals surface area (Å²) in [5.41, 5.74) is 0.484. The number of benzene rings is 2. The van der Waals surface area contributed by atoms with Gasteiger partial charge in [0.2, 0.25) is 0 Å². The van der Waals surface area contributed by atoms with E-state index >= 15 is 0 Å². The summed E-state index contributed by atoms with van der Waals surface area (Å²) >= 11 is 0. The Hall–Kier alpha value is -3.39. The summed E-state index contributed by atoms with van der Waals surface area (Å²) in [5, 5.41) is 1.65. The van der Waals surface area contributed by atoms with Crippen LogP contribution in [0.25, 0.3) is 0 Å². The molecule has 3 rings (SSSR count). The molecule has 1 amide bonds. The number of hydrogen-bond donors (Lipinski definition) is 1. The highest BCUT2D eigenvalue weighted by molar-refractivity contribution is 7.91. The van der Waals surface area contributed by atoms with Crippen LogP contribution in [0.15, 0.2) is 84.0 Å². The lowest BCUT2D eigenvalue weighted by Crippen LogP contribution is -2.35. The van der Waals surface area contributed by atoms with Crippen LogP contribution in [-0.2, 0) is 14.6 Å². The molecule has 0 saturated carbocycles. The molecule has 0 saturated heterocycles. The quantitative estimate of drug-likeness (QED) is 0.565. The fourth-order valence-corrected chi connectivity index (χ4v) is 4.47. The van der Waals surface area contributed by atoms with Gasteiger partial charge in [-0.25, -0.2) is 8.42 Å². The van der Waals surface area contributed by atoms with E-state index in [4.69, 9.17) is 9.47 Å². The number of rotatable bonds is 9. The smallest absolute Gasteiger partial charge is 0.257 e. The second kappa shape index (κ2) is 9.89. The number of methoxy groups -OCH3 is 1. The van der Waals surface area contributed by atoms with Gasteiger partial charge in [0.1, 0.15) is 16.7 Å². The number of ether oxygens (including phenoxy) is 2. The van der Waals surface area contributed by atoms with Crippen molar-refractivity contribution in [1.29, 1.82) is 0 Å². The monoisotopic (exact) mass is 426 g/mol. The zero-order chi connectivity index (χ0) is 21.4. The van der Waals surface area contributed by atoms with Crippen LogP contribution in [0.5, 0.6) is 11.5 Å². The number of pyridine rings is 1. The third-order valence-corrected chi connectivity index (χ3v) is 6.53. The molecular formula is C22H22N2O5S. The molecule has 0 bridgehead atoms. The Labute approximate surface area is 175 Å². The predicted molar refractivity (Wildman–Crippen MR) is 112 cm³/mol. The molecule has 2 aromatic carbocycles. The minimum Gasteiger partial charge on any atom is -0.497 e. The first-order valence-electron chi connectivity index (χ1n) is 9.23. The lowest BCUT2D eigenvalue weighted by Gasteiger charge is -2.19. The zero-order valence-electron chi connectivity index (χ0n) is 16.4. The molecule has 1 heterocycles. The van der Waals surface area contributed by atoms with Crippen LogP contribution in [0.2, 0.25) is 0 Å². The Balaban J connectivity index is 1.75. The molecule has 156 valence electrons. The topological polar surface area (TPSA) is 94.6 Å². The normalized spacial score (nSPS) is 12.0. The molecule has 30 heavy (non-hydrogen) atoms. The van der Waals surface area contributed by atoms with Crippen molar-refractivity contribution in [3.05, 3.63) is 84.7 Å². The van der Waals surface area contributed by atoms with E-state index in [9.17, 15) is 13.2 Å². The molecule has 1 atom stereocenters. The first kappa shape index (κ1) is 21.3. The highest BCUT2D eigenvalue weighted by Gasteiger charge is 2.30. The van der Waals surface area contributed by atoms with Crippen molar-refractivity contribution in [3.8, 4) is 11.5 Å². The van der Waals surface area contributed by atoms with Crippen molar-refractivity contribution in [2.75, 3.05) is 20.3 Å². The second-order valence-corrected chi connectivity index (χ2v) is 8.53. The van der Waals surface area contributed by atoms with Crippen LogP contribution < -0.4 is 14.8 Å². The van der Waals surface area contributed by atoms with E-state index in [1.807, 2.05) is 6.07 Å². The van der Waals surface area contributed by atoms with Crippen molar-refractivity contribution in [2.24, 2.45) is 0 Å². The minimum atomic E-state index is -3.79. The van der Waals surface area contributed by atoms with Crippen LogP contribution in [0.4, 0.5) is 0 Å². The molecular weight excluding hydrogens is 404 g/mol. The number of para-hydroxylation sites is 1. The number of nitrogens with one attached hydrogen (secondary N) is 1. The molecule has 1 N–H and O–H groups in total. The first-order chi connectivity index (χ1) is 14.5. The number of nitrogens with zero attached hydrogens (tertiary/aromatic N) is 1. The van der Waals surface area contributed by atoms with E-state index in [0.29, 0.717) is 17.1 Å². The summed E-state index contributed by atoms with van der Waals surface area (Å²) in [7, 11) is -2.28. The number of hydrogen-bond acceptors (Lipinski definition) is 6. The molecule has 0 radical (unpaired) electrons. The Morgan fingerprint density at radius 3 is 2.37 bits per heavy atom. The maximum absolute atomic E-state index is 13.3. The van der Waals surface area contributed by atoms with E-state index in [1.54, 1.807) is 54.7 Å². The minimum absolute atomic E-state index is 0.114. The van der Waals surface area contributed by atoms with Crippen molar-refractivity contribution in [2.45, 2.75) is 10.1 Å². The number of carbonyl (C=O) groups is 1. The van der Waals surface area contributed by atoms with Gasteiger partial charge in [-0.05, 0) is 48.0 Å². The SMILES string of the molecule is COc1ccc(S(=O)(=O)[C@@H](CNC(=O)COc2ccccc2)c2cccnc2)cc1. The maximum atomic E-state index is 13.3. The van der Waals surface area contributed by atoms with Gasteiger partial charge in [0.05, 0.1) is 12.0 Å². The van der Waals surface area contributed by atoms with E-state index in [1.165, 1.54) is 25.4 Å². The molecule has 3 aromatic rings. The van der Waals surface area contributed by atoms with Crippen molar-refractivity contribution >= 4 is 15.7 Å². The summed E-state index contributed by atoms with van der Waals surface area (Å²) in [4.78, 5) is 16.4. The predicted octanol–water partition coefficient (Wildman–Crippen LogP) is 2.80. The fraction of sp³-hybridized carbons (Fsp3) is 0.182. The van der Waals surface area contributed by atoms with Gasteiger partial charge in [-0.15, -0.1) is 0 Å². The van der Waals surface area contributed by atoms with E-state index < -0.39 is 21.0 Å². The van der Waals surface area contributed by atoms with E-state index in [0.717, 1.165) is 0 Å². The Morgan fingerprint density at radius 2 is 1.73 bits per heavy atom. The van der Waals surface area contributed by atoms with Crippen LogP contribution in [0.3, 0.4) is 0 Å². The fourth-order valence-electron chi connectivity index (χ4n) is 2.83. The molecule has 0 aliphatic heterocycles. The average Bonchev–Trinajstić information content (AvgIpc) is 2.79. The highest BCUT2D eigenvalue weighted by Crippen LogP contribution is 2.29. The molecule has 8 heteroatoms. The van der Waals surface area contributed by atoms with Crippen LogP contribution in [-0.4, -0.2) is 39.6 Å². The number of amides is 1. The summed E-state index contributed by atoms with van der Waals surface area (Å²) < 4.78 is 37.1. The van der Waals surface area contributed by atoms with Gasteiger partial charge in [0.15, 0.2) is 16.4 Å². The first-order valence-corrected chi connectivity index (χ1v) is 10.8. The van der Waals surface area contributed by atoms with Crippen LogP contribution in [0.1, 0.15) is 10.8 Å². The molecule has 7 nitrogen and oxygen atoms in total. The number of aromatic nitrogens is 1. The Kier molecular flexibility index (Phi) is 7.03. The van der Waals surface area contributed by atoms with Crippen molar-refractivity contribution in [3.63, 3.8) is 0 Å². The molecule has 0 fully saturated rings. The molecule has 1 aromatic heterocycles. The van der Waals surface area contributed by atoms with Crippen LogP contribution >= 0.6 is 0 Å². The van der Waals surface area contributed by atoms with Gasteiger partial charge < -0.3 is 14.8 Å². The standard InChI is InChI=1S/C22H22N2O5S/c1-28-18-9-11-20(12-10-18)30(26,27)21(17-6-5-13-23-14-17)15-24-22(25)16-29-19-7-3-2-4-8-19/h2-14,21H,15-16H2,1H3,(H,24,25)/t21-/m0/s1. The summed E-state index contributed by atoms with van der Waals surface area (Å²) in [5.74, 6) is 0.693. The van der Waals surface area contributed by atoms with Gasteiger partial charge in [-0.3, -0.25) is 9.78 Å². The van der Waals surface area contributed by atoms with Crippen molar-refractivity contribution < 1.29 is 22.7 Å². The van der Waals surface area contributed by atoms with Gasteiger partial charge >= 0.3 is 0 Å². The van der Waals surface area contributed by atoms with Gasteiger partial charge in [-0.1, -0.05) is 24.3 Å². The second-order valence-electron chi connectivity index (χ2n) is 6.40. The van der Waals surface area contributed by atoms with E-state index in [-0.39, 0.29) is 18.0 Å². The van der Waals surface area contributed by atoms with Gasteiger partial charge in [0.25, 0.3) is 5.91 Å². The molecule has 0 spiro atoms. The van der Waals surface area contributed by atoms with E-state index in [2.05, 4.69) is 10.3 Å². The lowest BCUT2D eigenvalue weighted by molar-refractivity contribution is -0.123. The Bertz CT molecular complexity index is 1060. The Morgan fingerprint density at radius 1 is 1.00 bits per heavy atom. The zero-order valence-corrected chi connectivity index (χ0v) is 17.2. The summed E-state index contributed by atoms with van der Waals surface area (Å²) in [6.45, 7) is -0.330. The molecule has 0 unspecified atom stereocenters. The van der Waals surface area contributed by atoms with Crippen molar-refractivity contribution in [1.82, 2.24) is 10.3 Å². The highest BCUT2D eigenvalue weighted by atomic mass is 32.2.